The number of ketones is 1. The van der Waals surface area contributed by atoms with Crippen LogP contribution in [0.1, 0.15) is 26.3 Å². The van der Waals surface area contributed by atoms with Crippen molar-refractivity contribution in [1.29, 1.82) is 0 Å². The molecule has 0 aliphatic carbocycles. The van der Waals surface area contributed by atoms with Crippen molar-refractivity contribution in [2.75, 3.05) is 29.2 Å². The van der Waals surface area contributed by atoms with E-state index in [9.17, 15) is 14.0 Å². The molecule has 0 radical (unpaired) electrons. The second kappa shape index (κ2) is 11.5. The number of hydrogen-bond acceptors (Lipinski definition) is 7. The molecule has 3 aromatic rings. The van der Waals surface area contributed by atoms with Crippen LogP contribution in [0.15, 0.2) is 64.7 Å². The van der Waals surface area contributed by atoms with E-state index in [0.717, 1.165) is 17.7 Å². The third-order valence-corrected chi connectivity index (χ3v) is 5.41. The van der Waals surface area contributed by atoms with Crippen molar-refractivity contribution < 1.29 is 18.7 Å². The van der Waals surface area contributed by atoms with E-state index in [1.165, 1.54) is 12.1 Å². The van der Waals surface area contributed by atoms with E-state index in [1.807, 2.05) is 13.0 Å². The van der Waals surface area contributed by atoms with Crippen LogP contribution in [0.3, 0.4) is 0 Å². The van der Waals surface area contributed by atoms with Crippen LogP contribution in [0.2, 0.25) is 0 Å². The standard InChI is InChI=1S/C23H22FN5O3S/c1-3-32-20-7-5-4-6-18(20)28-23(31)22-11-10-21(33-22)19(30)13-26-15-8-9-17(16(24)12-15)29-27-14-25-2/h4-12,14,26,29H,2-3,13H2,1H3,(H,28,31)/b27-14-. The first-order valence-corrected chi connectivity index (χ1v) is 10.8. The first-order valence-electron chi connectivity index (χ1n) is 9.94. The molecule has 0 saturated heterocycles. The molecule has 8 nitrogen and oxygen atoms in total. The molecule has 0 spiro atoms. The molecule has 1 aromatic heterocycles. The lowest BCUT2D eigenvalue weighted by Gasteiger charge is -2.10. The SMILES string of the molecule is C=N/C=N\Nc1ccc(NCC(=O)c2ccc(C(=O)Nc3ccccc3OCC)s2)cc1F. The van der Waals surface area contributed by atoms with Gasteiger partial charge in [-0.3, -0.25) is 20.0 Å². The summed E-state index contributed by atoms with van der Waals surface area (Å²) in [7, 11) is 0. The highest BCUT2D eigenvalue weighted by atomic mass is 32.1. The zero-order valence-electron chi connectivity index (χ0n) is 17.8. The summed E-state index contributed by atoms with van der Waals surface area (Å²) in [6, 6.07) is 14.7. The largest absolute Gasteiger partial charge is 0.492 e. The Kier molecular flexibility index (Phi) is 8.25. The quantitative estimate of drug-likeness (QED) is 0.161. The Morgan fingerprint density at radius 3 is 2.67 bits per heavy atom. The van der Waals surface area contributed by atoms with E-state index in [1.54, 1.807) is 36.4 Å². The van der Waals surface area contributed by atoms with Gasteiger partial charge in [-0.25, -0.2) is 4.39 Å². The van der Waals surface area contributed by atoms with Crippen molar-refractivity contribution in [2.45, 2.75) is 6.92 Å². The van der Waals surface area contributed by atoms with Crippen molar-refractivity contribution >= 4 is 53.1 Å². The molecular formula is C23H22FN5O3S. The summed E-state index contributed by atoms with van der Waals surface area (Å²) in [5.74, 6) is -0.532. The zero-order chi connectivity index (χ0) is 23.6. The second-order valence-electron chi connectivity index (χ2n) is 6.56. The zero-order valence-corrected chi connectivity index (χ0v) is 18.6. The molecule has 3 N–H and O–H groups in total. The molecule has 3 rings (SSSR count). The summed E-state index contributed by atoms with van der Waals surface area (Å²) in [6.07, 6.45) is 1.15. The first kappa shape index (κ1) is 23.6. The summed E-state index contributed by atoms with van der Waals surface area (Å²) in [5, 5.41) is 9.35. The molecule has 2 aromatic carbocycles. The maximum Gasteiger partial charge on any atom is 0.265 e. The van der Waals surface area contributed by atoms with Crippen LogP contribution >= 0.6 is 11.3 Å². The lowest BCUT2D eigenvalue weighted by Crippen LogP contribution is -2.13. The molecule has 1 amide bonds. The van der Waals surface area contributed by atoms with Crippen molar-refractivity contribution in [2.24, 2.45) is 10.1 Å². The molecule has 0 aliphatic rings. The second-order valence-corrected chi connectivity index (χ2v) is 7.64. The number of aliphatic imine (C=N–C) groups is 1. The molecule has 33 heavy (non-hydrogen) atoms. The van der Waals surface area contributed by atoms with Crippen LogP contribution in [-0.2, 0) is 0 Å². The minimum absolute atomic E-state index is 0.0561. The molecular weight excluding hydrogens is 445 g/mol. The van der Waals surface area contributed by atoms with E-state index >= 15 is 0 Å². The highest BCUT2D eigenvalue weighted by Gasteiger charge is 2.15. The maximum absolute atomic E-state index is 14.1. The minimum atomic E-state index is -0.545. The average molecular weight is 468 g/mol. The normalized spacial score (nSPS) is 10.6. The Labute approximate surface area is 194 Å². The van der Waals surface area contributed by atoms with Crippen molar-refractivity contribution in [3.8, 4) is 5.75 Å². The Morgan fingerprint density at radius 2 is 1.91 bits per heavy atom. The number of carbonyl (C=O) groups excluding carboxylic acids is 2. The topological polar surface area (TPSA) is 104 Å². The van der Waals surface area contributed by atoms with Gasteiger partial charge in [-0.2, -0.15) is 5.10 Å². The number of nitrogens with one attached hydrogen (secondary N) is 3. The lowest BCUT2D eigenvalue weighted by atomic mass is 10.2. The third kappa shape index (κ3) is 6.47. The number of halogens is 1. The number of rotatable bonds is 11. The maximum atomic E-state index is 14.1. The van der Waals surface area contributed by atoms with E-state index in [4.69, 9.17) is 4.74 Å². The van der Waals surface area contributed by atoms with Gasteiger partial charge in [0.15, 0.2) is 5.78 Å². The summed E-state index contributed by atoms with van der Waals surface area (Å²) in [6.45, 7) is 5.51. The van der Waals surface area contributed by atoms with Gasteiger partial charge in [0.05, 0.1) is 34.3 Å². The number of ether oxygens (including phenoxy) is 1. The molecule has 0 bridgehead atoms. The van der Waals surface area contributed by atoms with Gasteiger partial charge >= 0.3 is 0 Å². The van der Waals surface area contributed by atoms with Gasteiger partial charge in [0.2, 0.25) is 0 Å². The van der Waals surface area contributed by atoms with Gasteiger partial charge in [-0.1, -0.05) is 12.1 Å². The highest BCUT2D eigenvalue weighted by molar-refractivity contribution is 7.16. The van der Waals surface area contributed by atoms with Crippen LogP contribution in [0.5, 0.6) is 5.75 Å². The summed E-state index contributed by atoms with van der Waals surface area (Å²) < 4.78 is 19.6. The number of anilines is 3. The van der Waals surface area contributed by atoms with Crippen LogP contribution in [0.25, 0.3) is 0 Å². The minimum Gasteiger partial charge on any atom is -0.492 e. The third-order valence-electron chi connectivity index (χ3n) is 4.29. The summed E-state index contributed by atoms with van der Waals surface area (Å²) in [4.78, 5) is 29.3. The number of hydrogen-bond donors (Lipinski definition) is 3. The van der Waals surface area contributed by atoms with Crippen molar-refractivity contribution in [1.82, 2.24) is 0 Å². The summed E-state index contributed by atoms with van der Waals surface area (Å²) in [5.41, 5.74) is 3.64. The van der Waals surface area contributed by atoms with E-state index in [2.05, 4.69) is 32.9 Å². The van der Waals surface area contributed by atoms with E-state index < -0.39 is 5.82 Å². The molecule has 10 heteroatoms. The molecule has 0 fully saturated rings. The molecule has 0 aliphatic heterocycles. The van der Waals surface area contributed by atoms with Gasteiger partial charge in [-0.05, 0) is 56.1 Å². The smallest absolute Gasteiger partial charge is 0.265 e. The number of benzene rings is 2. The Morgan fingerprint density at radius 1 is 1.12 bits per heavy atom. The highest BCUT2D eigenvalue weighted by Crippen LogP contribution is 2.26. The van der Waals surface area contributed by atoms with Crippen molar-refractivity contribution in [3.63, 3.8) is 0 Å². The van der Waals surface area contributed by atoms with Crippen LogP contribution in [0.4, 0.5) is 21.5 Å². The fourth-order valence-corrected chi connectivity index (χ4v) is 3.61. The van der Waals surface area contributed by atoms with Gasteiger partial charge < -0.3 is 15.4 Å². The van der Waals surface area contributed by atoms with Gasteiger partial charge in [0.25, 0.3) is 5.91 Å². The van der Waals surface area contributed by atoms with Crippen molar-refractivity contribution in [3.05, 3.63) is 70.2 Å². The lowest BCUT2D eigenvalue weighted by molar-refractivity contribution is 0.101. The number of hydrazone groups is 1. The average Bonchev–Trinajstić information content (AvgIpc) is 3.31. The Hall–Kier alpha value is -4.05. The molecule has 0 atom stereocenters. The fraction of sp³-hybridized carbons (Fsp3) is 0.130. The first-order chi connectivity index (χ1) is 16.0. The number of thiophene rings is 1. The molecule has 170 valence electrons. The molecule has 0 saturated carbocycles. The van der Waals surface area contributed by atoms with Crippen LogP contribution in [-0.4, -0.2) is 37.9 Å². The molecule has 1 heterocycles. The monoisotopic (exact) mass is 467 g/mol. The predicted octanol–water partition coefficient (Wildman–Crippen LogP) is 4.89. The van der Waals surface area contributed by atoms with Crippen LogP contribution < -0.4 is 20.8 Å². The Bertz CT molecular complexity index is 1180. The number of carbonyl (C=O) groups is 2. The fourth-order valence-electron chi connectivity index (χ4n) is 2.77. The number of para-hydroxylation sites is 2. The number of Topliss-reactive ketones (excluding diaryl/α,β-unsaturated/α-hetero) is 1. The van der Waals surface area contributed by atoms with Gasteiger partial charge in [-0.15, -0.1) is 11.3 Å². The number of nitrogens with zero attached hydrogens (tertiary/aromatic N) is 2. The summed E-state index contributed by atoms with van der Waals surface area (Å²) >= 11 is 1.08. The van der Waals surface area contributed by atoms with Crippen LogP contribution in [0, 0.1) is 5.82 Å². The van der Waals surface area contributed by atoms with Gasteiger partial charge in [0, 0.05) is 5.69 Å². The van der Waals surface area contributed by atoms with E-state index in [0.29, 0.717) is 33.5 Å². The predicted molar refractivity (Wildman–Crippen MR) is 131 cm³/mol. The number of amides is 1. The Balaban J connectivity index is 1.59. The molecule has 0 unspecified atom stereocenters. The van der Waals surface area contributed by atoms with Gasteiger partial charge in [0.1, 0.15) is 17.9 Å². The van der Waals surface area contributed by atoms with E-state index in [-0.39, 0.29) is 23.9 Å².